The van der Waals surface area contributed by atoms with E-state index in [-0.39, 0.29) is 11.3 Å². The van der Waals surface area contributed by atoms with Gasteiger partial charge in [-0.3, -0.25) is 4.79 Å². The van der Waals surface area contributed by atoms with Gasteiger partial charge < -0.3 is 10.5 Å². The van der Waals surface area contributed by atoms with Gasteiger partial charge in [0, 0.05) is 18.2 Å². The van der Waals surface area contributed by atoms with Crippen molar-refractivity contribution in [2.24, 2.45) is 5.92 Å². The predicted molar refractivity (Wildman–Crippen MR) is 65.7 cm³/mol. The number of rotatable bonds is 3. The van der Waals surface area contributed by atoms with Gasteiger partial charge in [0.1, 0.15) is 5.78 Å². The number of hydrogen-bond donors (Lipinski definition) is 1. The summed E-state index contributed by atoms with van der Waals surface area (Å²) in [7, 11) is 0. The number of nitrogen functional groups attached to an aromatic ring is 1. The Labute approximate surface area is 101 Å². The number of carbonyl (C=O) groups is 1. The number of hydrogen-bond acceptors (Lipinski definition) is 3. The molecule has 17 heavy (non-hydrogen) atoms. The van der Waals surface area contributed by atoms with E-state index < -0.39 is 0 Å². The van der Waals surface area contributed by atoms with E-state index in [1.165, 1.54) is 0 Å². The highest BCUT2D eigenvalue weighted by molar-refractivity contribution is 5.95. The van der Waals surface area contributed by atoms with Gasteiger partial charge in [0.25, 0.3) is 0 Å². The molecular weight excluding hydrogens is 214 g/mol. The third kappa shape index (κ3) is 1.75. The molecule has 1 aliphatic heterocycles. The van der Waals surface area contributed by atoms with E-state index in [9.17, 15) is 4.79 Å². The van der Waals surface area contributed by atoms with Crippen molar-refractivity contribution in [3.8, 4) is 0 Å². The summed E-state index contributed by atoms with van der Waals surface area (Å²) >= 11 is 0. The average molecular weight is 231 g/mol. The molecule has 90 valence electrons. The van der Waals surface area contributed by atoms with E-state index in [4.69, 9.17) is 10.5 Å². The highest BCUT2D eigenvalue weighted by Crippen LogP contribution is 2.51. The molecule has 0 spiro atoms. The van der Waals surface area contributed by atoms with E-state index in [1.54, 1.807) is 0 Å². The summed E-state index contributed by atoms with van der Waals surface area (Å²) in [5.41, 5.74) is 7.35. The Balaban J connectivity index is 1.85. The maximum atomic E-state index is 12.5. The lowest BCUT2D eigenvalue weighted by Crippen LogP contribution is -2.28. The third-order valence-corrected chi connectivity index (χ3v) is 3.99. The normalized spacial score (nSPS) is 25.8. The molecule has 2 fully saturated rings. The van der Waals surface area contributed by atoms with Crippen LogP contribution in [0.5, 0.6) is 0 Å². The van der Waals surface area contributed by atoms with E-state index in [1.807, 2.05) is 24.3 Å². The Morgan fingerprint density at radius 1 is 1.29 bits per heavy atom. The van der Waals surface area contributed by atoms with Gasteiger partial charge in [0.15, 0.2) is 0 Å². The molecule has 1 saturated heterocycles. The molecule has 1 atom stereocenters. The van der Waals surface area contributed by atoms with Crippen LogP contribution in [0.3, 0.4) is 0 Å². The third-order valence-electron chi connectivity index (χ3n) is 3.99. The Bertz CT molecular complexity index is 428. The van der Waals surface area contributed by atoms with Crippen LogP contribution in [-0.4, -0.2) is 19.0 Å². The van der Waals surface area contributed by atoms with Crippen molar-refractivity contribution in [2.45, 2.75) is 24.7 Å². The van der Waals surface area contributed by atoms with Crippen LogP contribution in [0.2, 0.25) is 0 Å². The molecule has 2 N–H and O–H groups in total. The highest BCUT2D eigenvalue weighted by Gasteiger charge is 2.53. The minimum Gasteiger partial charge on any atom is -0.399 e. The van der Waals surface area contributed by atoms with Gasteiger partial charge in [-0.15, -0.1) is 0 Å². The second-order valence-electron chi connectivity index (χ2n) is 5.13. The molecule has 3 rings (SSSR count). The zero-order valence-corrected chi connectivity index (χ0v) is 9.82. The zero-order valence-electron chi connectivity index (χ0n) is 9.82. The Kier molecular flexibility index (Phi) is 2.44. The molecule has 1 unspecified atom stereocenters. The van der Waals surface area contributed by atoms with Crippen LogP contribution in [0.25, 0.3) is 0 Å². The first-order chi connectivity index (χ1) is 8.22. The Morgan fingerprint density at radius 2 is 2.00 bits per heavy atom. The molecule has 3 nitrogen and oxygen atoms in total. The molecule has 1 aromatic rings. The van der Waals surface area contributed by atoms with Crippen molar-refractivity contribution >= 4 is 11.5 Å². The van der Waals surface area contributed by atoms with Gasteiger partial charge in [-0.2, -0.15) is 0 Å². The number of Topliss-reactive ketones (excluding diaryl/α,β-unsaturated/α-hetero) is 1. The predicted octanol–water partition coefficient (Wildman–Crippen LogP) is 1.91. The Hall–Kier alpha value is -1.35. The van der Waals surface area contributed by atoms with Crippen molar-refractivity contribution in [3.63, 3.8) is 0 Å². The largest absolute Gasteiger partial charge is 0.399 e. The fraction of sp³-hybridized carbons (Fsp3) is 0.500. The summed E-state index contributed by atoms with van der Waals surface area (Å²) < 4.78 is 5.32. The van der Waals surface area contributed by atoms with Gasteiger partial charge in [-0.25, -0.2) is 0 Å². The summed E-state index contributed by atoms with van der Waals surface area (Å²) in [6.07, 6.45) is 2.84. The monoisotopic (exact) mass is 231 g/mol. The van der Waals surface area contributed by atoms with Gasteiger partial charge >= 0.3 is 0 Å². The number of ketones is 1. The SMILES string of the molecule is Nc1ccc(C2(C(=O)C3CCOC3)CC2)cc1. The number of carbonyl (C=O) groups excluding carboxylic acids is 1. The van der Waals surface area contributed by atoms with Crippen molar-refractivity contribution < 1.29 is 9.53 Å². The molecule has 0 bridgehead atoms. The van der Waals surface area contributed by atoms with Gasteiger partial charge in [0.2, 0.25) is 0 Å². The summed E-state index contributed by atoms with van der Waals surface area (Å²) in [4.78, 5) is 12.5. The summed E-state index contributed by atoms with van der Waals surface area (Å²) in [5.74, 6) is 0.481. The van der Waals surface area contributed by atoms with Gasteiger partial charge in [-0.1, -0.05) is 12.1 Å². The van der Waals surface area contributed by atoms with Gasteiger partial charge in [-0.05, 0) is 37.0 Å². The van der Waals surface area contributed by atoms with Crippen LogP contribution < -0.4 is 5.73 Å². The topological polar surface area (TPSA) is 52.3 Å². The first-order valence-electron chi connectivity index (χ1n) is 6.20. The van der Waals surface area contributed by atoms with Crippen molar-refractivity contribution in [1.29, 1.82) is 0 Å². The van der Waals surface area contributed by atoms with Crippen LogP contribution in [0, 0.1) is 5.92 Å². The molecule has 1 aromatic carbocycles. The van der Waals surface area contributed by atoms with Crippen molar-refractivity contribution in [2.75, 3.05) is 18.9 Å². The minimum absolute atomic E-state index is 0.107. The average Bonchev–Trinajstić information content (AvgIpc) is 2.97. The second-order valence-corrected chi connectivity index (χ2v) is 5.13. The van der Waals surface area contributed by atoms with Crippen LogP contribution >= 0.6 is 0 Å². The number of benzene rings is 1. The highest BCUT2D eigenvalue weighted by atomic mass is 16.5. The fourth-order valence-electron chi connectivity index (χ4n) is 2.74. The lowest BCUT2D eigenvalue weighted by Gasteiger charge is -2.18. The smallest absolute Gasteiger partial charge is 0.148 e. The number of ether oxygens (including phenoxy) is 1. The van der Waals surface area contributed by atoms with Crippen molar-refractivity contribution in [3.05, 3.63) is 29.8 Å². The first-order valence-corrected chi connectivity index (χ1v) is 6.20. The van der Waals surface area contributed by atoms with Crippen LogP contribution in [0.4, 0.5) is 5.69 Å². The lowest BCUT2D eigenvalue weighted by atomic mass is 9.84. The standard InChI is InChI=1S/C14H17NO2/c15-12-3-1-11(2-4-12)14(6-7-14)13(16)10-5-8-17-9-10/h1-4,10H,5-9,15H2. The maximum Gasteiger partial charge on any atom is 0.148 e. The minimum atomic E-state index is -0.216. The molecule has 0 radical (unpaired) electrons. The van der Waals surface area contributed by atoms with Crippen LogP contribution in [0.15, 0.2) is 24.3 Å². The maximum absolute atomic E-state index is 12.5. The lowest BCUT2D eigenvalue weighted by molar-refractivity contribution is -0.125. The van der Waals surface area contributed by atoms with Crippen molar-refractivity contribution in [1.82, 2.24) is 0 Å². The van der Waals surface area contributed by atoms with E-state index in [0.29, 0.717) is 12.4 Å². The molecule has 1 heterocycles. The van der Waals surface area contributed by atoms with Gasteiger partial charge in [0.05, 0.1) is 12.0 Å². The fourth-order valence-corrected chi connectivity index (χ4v) is 2.74. The first kappa shape index (κ1) is 10.8. The molecular formula is C14H17NO2. The number of nitrogens with two attached hydrogens (primary N) is 1. The zero-order chi connectivity index (χ0) is 11.9. The molecule has 0 aromatic heterocycles. The summed E-state index contributed by atoms with van der Waals surface area (Å²) in [6.45, 7) is 1.34. The van der Waals surface area contributed by atoms with Crippen LogP contribution in [0.1, 0.15) is 24.8 Å². The quantitative estimate of drug-likeness (QED) is 0.808. The van der Waals surface area contributed by atoms with Crippen LogP contribution in [-0.2, 0) is 14.9 Å². The molecule has 3 heteroatoms. The molecule has 1 aliphatic carbocycles. The molecule has 2 aliphatic rings. The summed E-state index contributed by atoms with van der Waals surface area (Å²) in [5, 5.41) is 0. The molecule has 1 saturated carbocycles. The Morgan fingerprint density at radius 3 is 2.53 bits per heavy atom. The second kappa shape index (κ2) is 3.84. The number of anilines is 1. The van der Waals surface area contributed by atoms with E-state index in [0.717, 1.165) is 37.1 Å². The summed E-state index contributed by atoms with van der Waals surface area (Å²) in [6, 6.07) is 7.76. The van der Waals surface area contributed by atoms with E-state index >= 15 is 0 Å². The molecule has 0 amide bonds. The van der Waals surface area contributed by atoms with E-state index in [2.05, 4.69) is 0 Å².